The second-order valence-corrected chi connectivity index (χ2v) is 4.40. The van der Waals surface area contributed by atoms with E-state index in [4.69, 9.17) is 0 Å². The monoisotopic (exact) mass is 397 g/mol. The molecule has 0 spiro atoms. The van der Waals surface area contributed by atoms with E-state index in [9.17, 15) is 48.3 Å². The van der Waals surface area contributed by atoms with Crippen LogP contribution in [0.2, 0.25) is 0 Å². The molecule has 0 bridgehead atoms. The Hall–Kier alpha value is -1.30. The van der Waals surface area contributed by atoms with Crippen LogP contribution in [0.15, 0.2) is 18.2 Å². The van der Waals surface area contributed by atoms with Crippen LogP contribution in [-0.2, 0) is 12.4 Å². The molecule has 13 heteroatoms. The molecule has 2 N–H and O–H groups in total. The molecular formula is C11H7ClF11N. The molecular weight excluding hydrogens is 391 g/mol. The highest BCUT2D eigenvalue weighted by Crippen LogP contribution is 2.47. The lowest BCUT2D eigenvalue weighted by molar-refractivity contribution is -0.291. The number of hydrogen-bond donors (Lipinski definition) is 1. The predicted octanol–water partition coefficient (Wildman–Crippen LogP) is 5.34. The van der Waals surface area contributed by atoms with Crippen molar-refractivity contribution in [3.8, 4) is 0 Å². The van der Waals surface area contributed by atoms with Gasteiger partial charge in [-0.05, 0) is 17.7 Å². The van der Waals surface area contributed by atoms with Crippen LogP contribution in [0.1, 0.15) is 22.7 Å². The second kappa shape index (κ2) is 6.54. The molecule has 0 unspecified atom stereocenters. The summed E-state index contributed by atoms with van der Waals surface area (Å²) in [5.74, 6) is -5.77. The minimum Gasteiger partial charge on any atom is -0.319 e. The summed E-state index contributed by atoms with van der Waals surface area (Å²) >= 11 is 0. The van der Waals surface area contributed by atoms with E-state index in [-0.39, 0.29) is 24.5 Å². The van der Waals surface area contributed by atoms with E-state index in [1.807, 2.05) is 0 Å². The van der Waals surface area contributed by atoms with Gasteiger partial charge in [0, 0.05) is 0 Å². The molecule has 0 aliphatic rings. The maximum atomic E-state index is 13.1. The summed E-state index contributed by atoms with van der Waals surface area (Å²) < 4.78 is 138. The second-order valence-electron chi connectivity index (χ2n) is 4.40. The van der Waals surface area contributed by atoms with Crippen LogP contribution in [0.5, 0.6) is 0 Å². The van der Waals surface area contributed by atoms with Gasteiger partial charge in [-0.2, -0.15) is 48.3 Å². The lowest BCUT2D eigenvalue weighted by atomic mass is 9.93. The minimum absolute atomic E-state index is 0. The molecule has 0 aliphatic carbocycles. The number of nitrogens with two attached hydrogens (primary N) is 1. The maximum Gasteiger partial charge on any atom is 0.455 e. The predicted molar refractivity (Wildman–Crippen MR) is 61.6 cm³/mol. The summed E-state index contributed by atoms with van der Waals surface area (Å²) in [7, 11) is 0. The lowest BCUT2D eigenvalue weighted by Gasteiger charge is -2.28. The molecule has 1 rings (SSSR count). The molecule has 0 fully saturated rings. The van der Waals surface area contributed by atoms with Gasteiger partial charge in [0.25, 0.3) is 0 Å². The fourth-order valence-electron chi connectivity index (χ4n) is 1.62. The zero-order chi connectivity index (χ0) is 18.4. The van der Waals surface area contributed by atoms with Gasteiger partial charge in [-0.15, -0.1) is 12.4 Å². The topological polar surface area (TPSA) is 26.0 Å². The van der Waals surface area contributed by atoms with Gasteiger partial charge in [-0.1, -0.05) is 6.07 Å². The average molecular weight is 398 g/mol. The van der Waals surface area contributed by atoms with Crippen molar-refractivity contribution < 1.29 is 48.3 Å². The molecule has 0 aliphatic heterocycles. The largest absolute Gasteiger partial charge is 0.455 e. The first-order chi connectivity index (χ1) is 9.99. The van der Waals surface area contributed by atoms with Crippen molar-refractivity contribution in [1.82, 2.24) is 0 Å². The van der Waals surface area contributed by atoms with Crippen molar-refractivity contribution in [3.63, 3.8) is 0 Å². The van der Waals surface area contributed by atoms with Crippen LogP contribution in [0, 0.1) is 0 Å². The summed E-state index contributed by atoms with van der Waals surface area (Å²) in [6, 6.07) is -4.30. The van der Waals surface area contributed by atoms with E-state index in [1.165, 1.54) is 0 Å². The van der Waals surface area contributed by atoms with E-state index in [2.05, 4.69) is 5.73 Å². The first-order valence-corrected chi connectivity index (χ1v) is 5.48. The number of alkyl halides is 11. The fraction of sp³-hybridized carbons (Fsp3) is 0.455. The molecule has 24 heavy (non-hydrogen) atoms. The molecule has 0 amide bonds. The van der Waals surface area contributed by atoms with E-state index in [0.717, 1.165) is 0 Å². The highest BCUT2D eigenvalue weighted by molar-refractivity contribution is 5.85. The summed E-state index contributed by atoms with van der Waals surface area (Å²) in [5, 5.41) is 0. The van der Waals surface area contributed by atoms with Gasteiger partial charge in [0.1, 0.15) is 6.04 Å². The molecule has 0 aromatic heterocycles. The van der Waals surface area contributed by atoms with Crippen LogP contribution < -0.4 is 5.73 Å². The van der Waals surface area contributed by atoms with Crippen molar-refractivity contribution >= 4 is 12.4 Å². The first-order valence-electron chi connectivity index (χ1n) is 5.48. The Morgan fingerprint density at radius 1 is 0.750 bits per heavy atom. The SMILES string of the molecule is Cl.N[C@@H](c1ccc(C(F)(F)F)cc1C(F)(F)F)C(F)(F)C(F)(F)F. The van der Waals surface area contributed by atoms with Gasteiger partial charge < -0.3 is 5.73 Å². The van der Waals surface area contributed by atoms with Crippen molar-refractivity contribution in [2.75, 3.05) is 0 Å². The number of rotatable bonds is 2. The van der Waals surface area contributed by atoms with Gasteiger partial charge in [-0.3, -0.25) is 0 Å². The summed E-state index contributed by atoms with van der Waals surface area (Å²) in [6.45, 7) is 0. The molecule has 1 aromatic carbocycles. The molecule has 1 nitrogen and oxygen atoms in total. The maximum absolute atomic E-state index is 13.1. The average Bonchev–Trinajstić information content (AvgIpc) is 2.33. The van der Waals surface area contributed by atoms with Crippen LogP contribution in [0.4, 0.5) is 48.3 Å². The van der Waals surface area contributed by atoms with Gasteiger partial charge >= 0.3 is 24.5 Å². The zero-order valence-corrected chi connectivity index (χ0v) is 11.8. The quantitative estimate of drug-likeness (QED) is 0.670. The fourth-order valence-corrected chi connectivity index (χ4v) is 1.62. The Morgan fingerprint density at radius 3 is 1.54 bits per heavy atom. The minimum atomic E-state index is -6.28. The summed E-state index contributed by atoms with van der Waals surface area (Å²) in [6.07, 6.45) is -17.1. The standard InChI is InChI=1S/C11H6F11N.ClH/c12-8(13,11(20,21)22)7(23)5-2-1-4(9(14,15)16)3-6(5)10(17,18)19;/h1-3,7H,23H2;1H/t7-;/m0./s1. The van der Waals surface area contributed by atoms with E-state index < -0.39 is 53.2 Å². The van der Waals surface area contributed by atoms with Gasteiger partial charge in [-0.25, -0.2) is 0 Å². The molecule has 0 saturated carbocycles. The Kier molecular flexibility index (Phi) is 6.19. The Labute approximate surface area is 133 Å². The van der Waals surface area contributed by atoms with Gasteiger partial charge in [0.05, 0.1) is 11.1 Å². The van der Waals surface area contributed by atoms with Gasteiger partial charge in [0.2, 0.25) is 0 Å². The molecule has 0 radical (unpaired) electrons. The van der Waals surface area contributed by atoms with Crippen molar-refractivity contribution in [1.29, 1.82) is 0 Å². The zero-order valence-electron chi connectivity index (χ0n) is 11.0. The van der Waals surface area contributed by atoms with Crippen molar-refractivity contribution in [3.05, 3.63) is 34.9 Å². The lowest BCUT2D eigenvalue weighted by Crippen LogP contribution is -2.46. The van der Waals surface area contributed by atoms with E-state index in [0.29, 0.717) is 0 Å². The third-order valence-electron chi connectivity index (χ3n) is 2.79. The molecule has 1 aromatic rings. The van der Waals surface area contributed by atoms with Crippen LogP contribution >= 0.6 is 12.4 Å². The van der Waals surface area contributed by atoms with Gasteiger partial charge in [0.15, 0.2) is 0 Å². The molecule has 1 atom stereocenters. The van der Waals surface area contributed by atoms with E-state index >= 15 is 0 Å². The summed E-state index contributed by atoms with van der Waals surface area (Å²) in [4.78, 5) is 0. The smallest absolute Gasteiger partial charge is 0.319 e. The van der Waals surface area contributed by atoms with Crippen LogP contribution in [-0.4, -0.2) is 12.1 Å². The number of halogens is 12. The van der Waals surface area contributed by atoms with Crippen LogP contribution in [0.25, 0.3) is 0 Å². The normalized spacial score (nSPS) is 15.0. The highest BCUT2D eigenvalue weighted by atomic mass is 35.5. The Morgan fingerprint density at radius 2 is 1.21 bits per heavy atom. The molecule has 0 heterocycles. The Balaban J connectivity index is 0.00000529. The summed E-state index contributed by atoms with van der Waals surface area (Å²) in [5.41, 5.74) is -1.41. The van der Waals surface area contributed by atoms with Crippen LogP contribution in [0.3, 0.4) is 0 Å². The van der Waals surface area contributed by atoms with Crippen molar-refractivity contribution in [2.45, 2.75) is 30.5 Å². The van der Waals surface area contributed by atoms with Crippen molar-refractivity contribution in [2.24, 2.45) is 5.73 Å². The Bertz CT molecular complexity index is 573. The number of benzene rings is 1. The highest BCUT2D eigenvalue weighted by Gasteiger charge is 2.62. The molecule has 0 saturated heterocycles. The third-order valence-corrected chi connectivity index (χ3v) is 2.79. The molecule has 140 valence electrons. The van der Waals surface area contributed by atoms with E-state index in [1.54, 1.807) is 0 Å². The third kappa shape index (κ3) is 4.41. The number of hydrogen-bond acceptors (Lipinski definition) is 1. The first kappa shape index (κ1) is 22.7.